The molecule has 4 heteroatoms. The summed E-state index contributed by atoms with van der Waals surface area (Å²) in [7, 11) is 0. The van der Waals surface area contributed by atoms with E-state index in [4.69, 9.17) is 14.4 Å². The smallest absolute Gasteiger partial charge is 0.155 e. The monoisotopic (exact) mass is 776 g/mol. The maximum Gasteiger partial charge on any atom is 0.155 e. The average Bonchev–Trinajstić information content (AvgIpc) is 3.80. The van der Waals surface area contributed by atoms with Crippen LogP contribution in [0.25, 0.3) is 75.5 Å². The van der Waals surface area contributed by atoms with Crippen LogP contribution in [0.4, 0.5) is 0 Å². The number of benzene rings is 8. The van der Waals surface area contributed by atoms with Crippen molar-refractivity contribution < 1.29 is 4.42 Å². The lowest BCUT2D eigenvalue weighted by molar-refractivity contribution is 0.535. The number of nitrogens with zero attached hydrogens (tertiary/aromatic N) is 2. The van der Waals surface area contributed by atoms with Gasteiger partial charge in [-0.25, -0.2) is 4.99 Å². The van der Waals surface area contributed by atoms with Crippen LogP contribution in [0.3, 0.4) is 0 Å². The second kappa shape index (κ2) is 14.8. The van der Waals surface area contributed by atoms with E-state index in [1.54, 1.807) is 0 Å². The molecule has 59 heavy (non-hydrogen) atoms. The molecule has 0 saturated carbocycles. The van der Waals surface area contributed by atoms with Crippen LogP contribution in [0.15, 0.2) is 202 Å². The zero-order valence-corrected chi connectivity index (χ0v) is 33.5. The quantitative estimate of drug-likeness (QED) is 0.159. The summed E-state index contributed by atoms with van der Waals surface area (Å²) in [6.45, 7) is 2.28. The van der Waals surface area contributed by atoms with Crippen molar-refractivity contribution in [2.24, 2.45) is 15.9 Å². The Morgan fingerprint density at radius 3 is 1.83 bits per heavy atom. The summed E-state index contributed by atoms with van der Waals surface area (Å²) in [5.41, 5.74) is 13.4. The first-order chi connectivity index (χ1) is 29.1. The molecule has 3 nitrogen and oxygen atoms in total. The number of thiophene rings is 1. The molecular weight excluding hydrogens is 737 g/mol. The predicted octanol–water partition coefficient (Wildman–Crippen LogP) is 15.4. The van der Waals surface area contributed by atoms with Crippen molar-refractivity contribution in [2.45, 2.75) is 25.8 Å². The molecule has 11 rings (SSSR count). The topological polar surface area (TPSA) is 37.9 Å². The van der Waals surface area contributed by atoms with E-state index < -0.39 is 0 Å². The molecule has 2 atom stereocenters. The Balaban J connectivity index is 0.954. The first-order valence-electron chi connectivity index (χ1n) is 20.5. The van der Waals surface area contributed by atoms with Crippen LogP contribution in [0.2, 0.25) is 0 Å². The highest BCUT2D eigenvalue weighted by Crippen LogP contribution is 2.40. The number of hydrogen-bond acceptors (Lipinski definition) is 4. The van der Waals surface area contributed by atoms with Gasteiger partial charge in [0.25, 0.3) is 0 Å². The molecule has 8 aromatic carbocycles. The van der Waals surface area contributed by atoms with Gasteiger partial charge >= 0.3 is 0 Å². The van der Waals surface area contributed by atoms with Crippen molar-refractivity contribution >= 4 is 65.0 Å². The molecule has 0 spiro atoms. The van der Waals surface area contributed by atoms with Crippen molar-refractivity contribution in [2.75, 3.05) is 0 Å². The van der Waals surface area contributed by atoms with Crippen LogP contribution in [0, 0.1) is 5.92 Å². The SMILES string of the molecule is CCC1CC(c2ccc(-c3ccccc3)cc2)N=C(c2ccc3c(c2)oc2ccccc23)N=C1c1ccc(-c2ccc3c(c2)sc2ccc(-c4ccccc4)cc23)cc1. The molecule has 1 aliphatic rings. The van der Waals surface area contributed by atoms with Gasteiger partial charge in [0.15, 0.2) is 5.84 Å². The Labute approximate surface area is 347 Å². The Bertz CT molecular complexity index is 3210. The molecule has 2 aromatic heterocycles. The molecule has 3 heterocycles. The number of furan rings is 1. The van der Waals surface area contributed by atoms with Gasteiger partial charge in [-0.15, -0.1) is 11.3 Å². The molecule has 0 amide bonds. The second-order valence-corrected chi connectivity index (χ2v) is 16.7. The predicted molar refractivity (Wildman–Crippen MR) is 250 cm³/mol. The van der Waals surface area contributed by atoms with E-state index in [0.29, 0.717) is 0 Å². The van der Waals surface area contributed by atoms with Gasteiger partial charge < -0.3 is 4.42 Å². The van der Waals surface area contributed by atoms with E-state index in [-0.39, 0.29) is 12.0 Å². The summed E-state index contributed by atoms with van der Waals surface area (Å²) >= 11 is 1.86. The fourth-order valence-electron chi connectivity index (χ4n) is 8.82. The van der Waals surface area contributed by atoms with Crippen molar-refractivity contribution in [1.29, 1.82) is 0 Å². The molecule has 0 radical (unpaired) electrons. The van der Waals surface area contributed by atoms with Gasteiger partial charge in [-0.1, -0.05) is 159 Å². The number of para-hydroxylation sites is 1. The minimum atomic E-state index is -0.0523. The molecule has 0 N–H and O–H groups in total. The molecule has 1 aliphatic heterocycles. The van der Waals surface area contributed by atoms with E-state index in [0.717, 1.165) is 57.5 Å². The Morgan fingerprint density at radius 2 is 1.05 bits per heavy atom. The van der Waals surface area contributed by atoms with Crippen molar-refractivity contribution in [1.82, 2.24) is 0 Å². The van der Waals surface area contributed by atoms with Gasteiger partial charge in [-0.3, -0.25) is 4.99 Å². The van der Waals surface area contributed by atoms with Gasteiger partial charge in [0, 0.05) is 42.4 Å². The number of hydrogen-bond donors (Lipinski definition) is 0. The standard InChI is InChI=1S/C55H40N2OS/c1-2-35-32-49(40-21-17-38(18-22-40)36-11-5-3-6-12-36)56-55(44-26-28-46-45-15-9-10-16-50(45)58-51(46)33-44)57-54(35)41-23-19-39(20-24-41)43-25-29-47-48-31-42(37-13-7-4-8-14-37)27-30-52(48)59-53(47)34-43/h3-31,33-35,49H,2,32H2,1H3. The first-order valence-corrected chi connectivity index (χ1v) is 21.3. The van der Waals surface area contributed by atoms with E-state index in [1.807, 2.05) is 23.5 Å². The molecule has 10 aromatic rings. The fourth-order valence-corrected chi connectivity index (χ4v) is 9.95. The van der Waals surface area contributed by atoms with E-state index >= 15 is 0 Å². The molecule has 0 fully saturated rings. The third-order valence-corrected chi connectivity index (χ3v) is 13.2. The van der Waals surface area contributed by atoms with Crippen LogP contribution < -0.4 is 0 Å². The lowest BCUT2D eigenvalue weighted by atomic mass is 9.86. The zero-order chi connectivity index (χ0) is 39.3. The van der Waals surface area contributed by atoms with Crippen LogP contribution in [0.5, 0.6) is 0 Å². The minimum Gasteiger partial charge on any atom is -0.456 e. The molecule has 0 saturated heterocycles. The molecule has 2 unspecified atom stereocenters. The third-order valence-electron chi connectivity index (χ3n) is 12.0. The van der Waals surface area contributed by atoms with Crippen molar-refractivity contribution in [3.05, 3.63) is 205 Å². The van der Waals surface area contributed by atoms with Gasteiger partial charge in [-0.2, -0.15) is 0 Å². The number of rotatable bonds is 7. The molecule has 0 bridgehead atoms. The summed E-state index contributed by atoms with van der Waals surface area (Å²) in [5.74, 6) is 0.955. The zero-order valence-electron chi connectivity index (χ0n) is 32.7. The van der Waals surface area contributed by atoms with Crippen LogP contribution in [0.1, 0.15) is 42.5 Å². The average molecular weight is 777 g/mol. The van der Waals surface area contributed by atoms with Crippen LogP contribution in [-0.2, 0) is 0 Å². The van der Waals surface area contributed by atoms with Gasteiger partial charge in [0.1, 0.15) is 11.2 Å². The third kappa shape index (κ3) is 6.56. The van der Waals surface area contributed by atoms with Crippen LogP contribution >= 0.6 is 11.3 Å². The van der Waals surface area contributed by atoms with E-state index in [1.165, 1.54) is 59.1 Å². The lowest BCUT2D eigenvalue weighted by Gasteiger charge is -2.20. The maximum absolute atomic E-state index is 6.36. The Kier molecular flexibility index (Phi) is 8.86. The fraction of sp³-hybridized carbons (Fsp3) is 0.0909. The summed E-state index contributed by atoms with van der Waals surface area (Å²) in [5, 5.41) is 4.84. The van der Waals surface area contributed by atoms with E-state index in [9.17, 15) is 0 Å². The summed E-state index contributed by atoms with van der Waals surface area (Å²) < 4.78 is 8.97. The van der Waals surface area contributed by atoms with Crippen LogP contribution in [-0.4, -0.2) is 11.5 Å². The highest BCUT2D eigenvalue weighted by atomic mass is 32.1. The normalized spacial score (nSPS) is 15.7. The van der Waals surface area contributed by atoms with E-state index in [2.05, 4.69) is 183 Å². The van der Waals surface area contributed by atoms with Crippen molar-refractivity contribution in [3.8, 4) is 33.4 Å². The Morgan fingerprint density at radius 1 is 0.475 bits per heavy atom. The number of aliphatic imine (C=N–C) groups is 2. The molecule has 282 valence electrons. The van der Waals surface area contributed by atoms with Crippen molar-refractivity contribution in [3.63, 3.8) is 0 Å². The van der Waals surface area contributed by atoms with Gasteiger partial charge in [0.2, 0.25) is 0 Å². The van der Waals surface area contributed by atoms with Gasteiger partial charge in [0.05, 0.1) is 11.8 Å². The summed E-state index contributed by atoms with van der Waals surface area (Å²) in [6, 6.07) is 67.5. The minimum absolute atomic E-state index is 0.0523. The summed E-state index contributed by atoms with van der Waals surface area (Å²) in [6.07, 6.45) is 1.83. The Hall–Kier alpha value is -6.88. The highest BCUT2D eigenvalue weighted by Gasteiger charge is 2.27. The highest BCUT2D eigenvalue weighted by molar-refractivity contribution is 7.25. The molecule has 0 aliphatic carbocycles. The maximum atomic E-state index is 6.36. The largest absolute Gasteiger partial charge is 0.456 e. The van der Waals surface area contributed by atoms with Gasteiger partial charge in [-0.05, 0) is 93.7 Å². The summed E-state index contributed by atoms with van der Waals surface area (Å²) in [4.78, 5) is 11.0. The number of fused-ring (bicyclic) bond motifs is 6. The second-order valence-electron chi connectivity index (χ2n) is 15.6. The lowest BCUT2D eigenvalue weighted by Crippen LogP contribution is -2.17. The molecular formula is C55H40N2OS. The number of amidine groups is 1. The first kappa shape index (κ1) is 35.3.